The molecule has 1 unspecified atom stereocenters. The van der Waals surface area contributed by atoms with E-state index in [1.165, 1.54) is 0 Å². The minimum absolute atomic E-state index is 0.0682. The predicted octanol–water partition coefficient (Wildman–Crippen LogP) is 2.23. The van der Waals surface area contributed by atoms with Crippen LogP contribution in [0, 0.1) is 0 Å². The van der Waals surface area contributed by atoms with Gasteiger partial charge >= 0.3 is 0 Å². The Morgan fingerprint density at radius 3 is 3.00 bits per heavy atom. The number of imidazole rings is 1. The molecule has 4 heterocycles. The molecule has 1 amide bonds. The van der Waals surface area contributed by atoms with E-state index in [0.29, 0.717) is 5.56 Å². The third-order valence-corrected chi connectivity index (χ3v) is 4.49. The van der Waals surface area contributed by atoms with E-state index < -0.39 is 0 Å². The van der Waals surface area contributed by atoms with Crippen LogP contribution in [0.4, 0.5) is 0 Å². The largest absolute Gasteiger partial charge is 0.334 e. The lowest BCUT2D eigenvalue weighted by atomic mass is 10.0. The first-order chi connectivity index (χ1) is 11.3. The molecule has 0 radical (unpaired) electrons. The molecule has 0 spiro atoms. The number of pyridine rings is 1. The normalized spacial score (nSPS) is 18.4. The van der Waals surface area contributed by atoms with E-state index in [2.05, 4.69) is 10.1 Å². The van der Waals surface area contributed by atoms with Gasteiger partial charge in [0, 0.05) is 37.5 Å². The van der Waals surface area contributed by atoms with Crippen molar-refractivity contribution in [2.75, 3.05) is 6.54 Å². The fourth-order valence-corrected chi connectivity index (χ4v) is 3.35. The summed E-state index contributed by atoms with van der Waals surface area (Å²) in [6.07, 6.45) is 12.5. The lowest BCUT2D eigenvalue weighted by Crippen LogP contribution is -2.46. The van der Waals surface area contributed by atoms with Crippen LogP contribution in [-0.2, 0) is 6.54 Å². The van der Waals surface area contributed by atoms with Crippen molar-refractivity contribution in [1.82, 2.24) is 24.1 Å². The highest BCUT2D eigenvalue weighted by Crippen LogP contribution is 2.22. The molecule has 1 aliphatic heterocycles. The quantitative estimate of drug-likeness (QED) is 0.745. The smallest absolute Gasteiger partial charge is 0.257 e. The van der Waals surface area contributed by atoms with Gasteiger partial charge in [0.05, 0.1) is 18.2 Å². The molecule has 0 bridgehead atoms. The Bertz CT molecular complexity index is 807. The van der Waals surface area contributed by atoms with Gasteiger partial charge in [-0.05, 0) is 37.5 Å². The molecule has 1 fully saturated rings. The summed E-state index contributed by atoms with van der Waals surface area (Å²) in [4.78, 5) is 19.4. The molecule has 0 aromatic carbocycles. The number of carbonyl (C=O) groups is 1. The zero-order chi connectivity index (χ0) is 15.6. The number of likely N-dealkylation sites (tertiary alicyclic amines) is 1. The van der Waals surface area contributed by atoms with Crippen molar-refractivity contribution in [2.45, 2.75) is 31.8 Å². The molecule has 6 heteroatoms. The van der Waals surface area contributed by atoms with Crippen molar-refractivity contribution in [2.24, 2.45) is 0 Å². The van der Waals surface area contributed by atoms with Crippen LogP contribution in [0.2, 0.25) is 0 Å². The molecular weight excluding hydrogens is 290 g/mol. The Hall–Kier alpha value is -2.63. The van der Waals surface area contributed by atoms with Gasteiger partial charge in [-0.2, -0.15) is 5.10 Å². The molecule has 0 aliphatic carbocycles. The molecule has 0 N–H and O–H groups in total. The topological polar surface area (TPSA) is 55.4 Å². The van der Waals surface area contributed by atoms with Crippen LogP contribution in [-0.4, -0.2) is 42.6 Å². The number of fused-ring (bicyclic) bond motifs is 1. The maximum atomic E-state index is 13.1. The van der Waals surface area contributed by atoms with Gasteiger partial charge < -0.3 is 9.30 Å². The highest BCUT2D eigenvalue weighted by Gasteiger charge is 2.29. The zero-order valence-electron chi connectivity index (χ0n) is 12.9. The summed E-state index contributed by atoms with van der Waals surface area (Å²) in [6, 6.07) is 5.87. The van der Waals surface area contributed by atoms with Crippen LogP contribution >= 0.6 is 0 Å². The standard InChI is InChI=1S/C17H19N5O/c23-17(15-6-3-9-20-12-8-18-16(15)20)22-11-2-1-5-14(22)13-21-10-4-7-19-21/h3-4,6-10,12,14H,1-2,5,11,13H2. The summed E-state index contributed by atoms with van der Waals surface area (Å²) in [6.45, 7) is 1.54. The Balaban J connectivity index is 1.63. The molecule has 3 aromatic rings. The third-order valence-electron chi connectivity index (χ3n) is 4.49. The van der Waals surface area contributed by atoms with Gasteiger partial charge in [-0.1, -0.05) is 0 Å². The average molecular weight is 309 g/mol. The lowest BCUT2D eigenvalue weighted by Gasteiger charge is -2.35. The summed E-state index contributed by atoms with van der Waals surface area (Å²) in [5.41, 5.74) is 1.39. The number of hydrogen-bond donors (Lipinski definition) is 0. The Kier molecular flexibility index (Phi) is 3.57. The van der Waals surface area contributed by atoms with E-state index >= 15 is 0 Å². The summed E-state index contributed by atoms with van der Waals surface area (Å²) in [7, 11) is 0. The highest BCUT2D eigenvalue weighted by atomic mass is 16.2. The molecule has 0 saturated carbocycles. The van der Waals surface area contributed by atoms with Gasteiger partial charge in [0.1, 0.15) is 5.65 Å². The Labute approximate surface area is 134 Å². The zero-order valence-corrected chi connectivity index (χ0v) is 12.9. The predicted molar refractivity (Wildman–Crippen MR) is 86.1 cm³/mol. The monoisotopic (exact) mass is 309 g/mol. The van der Waals surface area contributed by atoms with E-state index in [9.17, 15) is 4.79 Å². The summed E-state index contributed by atoms with van der Waals surface area (Å²) >= 11 is 0. The van der Waals surface area contributed by atoms with E-state index in [4.69, 9.17) is 0 Å². The van der Waals surface area contributed by atoms with Crippen molar-refractivity contribution in [3.8, 4) is 0 Å². The molecule has 118 valence electrons. The molecule has 4 rings (SSSR count). The molecule has 6 nitrogen and oxygen atoms in total. The van der Waals surface area contributed by atoms with E-state index in [-0.39, 0.29) is 11.9 Å². The molecule has 1 aliphatic rings. The molecule has 1 atom stereocenters. The summed E-state index contributed by atoms with van der Waals surface area (Å²) in [5.74, 6) is 0.0682. The molecule has 1 saturated heterocycles. The first kappa shape index (κ1) is 14.0. The second-order valence-corrected chi connectivity index (χ2v) is 5.96. The maximum Gasteiger partial charge on any atom is 0.257 e. The number of amides is 1. The van der Waals surface area contributed by atoms with Gasteiger partial charge in [-0.3, -0.25) is 9.48 Å². The van der Waals surface area contributed by atoms with E-state index in [0.717, 1.165) is 38.0 Å². The van der Waals surface area contributed by atoms with Crippen molar-refractivity contribution < 1.29 is 4.79 Å². The Morgan fingerprint density at radius 2 is 2.13 bits per heavy atom. The fourth-order valence-electron chi connectivity index (χ4n) is 3.35. The molecule has 23 heavy (non-hydrogen) atoms. The number of piperidine rings is 1. The fraction of sp³-hybridized carbons (Fsp3) is 0.353. The van der Waals surface area contributed by atoms with Crippen molar-refractivity contribution >= 4 is 11.6 Å². The summed E-state index contributed by atoms with van der Waals surface area (Å²) < 4.78 is 3.80. The third kappa shape index (κ3) is 2.60. The number of carbonyl (C=O) groups excluding carboxylic acids is 1. The van der Waals surface area contributed by atoms with Crippen LogP contribution in [0.1, 0.15) is 29.6 Å². The number of aromatic nitrogens is 4. The van der Waals surface area contributed by atoms with Crippen LogP contribution < -0.4 is 0 Å². The number of nitrogens with zero attached hydrogens (tertiary/aromatic N) is 5. The average Bonchev–Trinajstić information content (AvgIpc) is 3.25. The second kappa shape index (κ2) is 5.87. The van der Waals surface area contributed by atoms with Crippen LogP contribution in [0.25, 0.3) is 5.65 Å². The van der Waals surface area contributed by atoms with Gasteiger partial charge in [0.15, 0.2) is 0 Å². The first-order valence-electron chi connectivity index (χ1n) is 8.03. The lowest BCUT2D eigenvalue weighted by molar-refractivity contribution is 0.0585. The Morgan fingerprint density at radius 1 is 1.17 bits per heavy atom. The minimum atomic E-state index is 0.0682. The second-order valence-electron chi connectivity index (χ2n) is 5.96. The first-order valence-corrected chi connectivity index (χ1v) is 8.03. The van der Waals surface area contributed by atoms with Crippen LogP contribution in [0.15, 0.2) is 49.2 Å². The SMILES string of the molecule is O=C(c1cccn2ccnc12)N1CCCCC1Cn1cccn1. The van der Waals surface area contributed by atoms with Crippen molar-refractivity contribution in [3.05, 3.63) is 54.7 Å². The van der Waals surface area contributed by atoms with Crippen molar-refractivity contribution in [1.29, 1.82) is 0 Å². The molecular formula is C17H19N5O. The highest BCUT2D eigenvalue weighted by molar-refractivity contribution is 6.00. The molecule has 3 aromatic heterocycles. The van der Waals surface area contributed by atoms with E-state index in [1.807, 2.05) is 50.8 Å². The van der Waals surface area contributed by atoms with Crippen molar-refractivity contribution in [3.63, 3.8) is 0 Å². The summed E-state index contributed by atoms with van der Waals surface area (Å²) in [5, 5.41) is 4.28. The van der Waals surface area contributed by atoms with Crippen LogP contribution in [0.5, 0.6) is 0 Å². The van der Waals surface area contributed by atoms with Crippen LogP contribution in [0.3, 0.4) is 0 Å². The number of hydrogen-bond acceptors (Lipinski definition) is 3. The maximum absolute atomic E-state index is 13.1. The number of rotatable bonds is 3. The van der Waals surface area contributed by atoms with Gasteiger partial charge in [-0.15, -0.1) is 0 Å². The van der Waals surface area contributed by atoms with Gasteiger partial charge in [0.2, 0.25) is 0 Å². The van der Waals surface area contributed by atoms with Gasteiger partial charge in [0.25, 0.3) is 5.91 Å². The van der Waals surface area contributed by atoms with Gasteiger partial charge in [-0.25, -0.2) is 4.98 Å². The van der Waals surface area contributed by atoms with E-state index in [1.54, 1.807) is 12.4 Å². The minimum Gasteiger partial charge on any atom is -0.334 e.